The minimum absolute atomic E-state index is 0.114. The van der Waals surface area contributed by atoms with E-state index in [0.717, 1.165) is 51.4 Å². The van der Waals surface area contributed by atoms with Crippen LogP contribution in [0.2, 0.25) is 0 Å². The zero-order chi connectivity index (χ0) is 31.5. The van der Waals surface area contributed by atoms with Crippen LogP contribution in [0.3, 0.4) is 0 Å². The highest BCUT2D eigenvalue weighted by Crippen LogP contribution is 2.70. The summed E-state index contributed by atoms with van der Waals surface area (Å²) in [6.45, 7) is 9.72. The second kappa shape index (κ2) is 11.8. The third-order valence-electron chi connectivity index (χ3n) is 13.2. The Morgan fingerprint density at radius 3 is 2.14 bits per heavy atom. The molecule has 0 amide bonds. The Morgan fingerprint density at radius 2 is 1.50 bits per heavy atom. The number of carbonyl (C=O) groups excluding carboxylic acids is 2. The van der Waals surface area contributed by atoms with Crippen molar-refractivity contribution in [2.24, 2.45) is 46.3 Å². The number of ether oxygens (including phenoxy) is 2. The van der Waals surface area contributed by atoms with Crippen molar-refractivity contribution in [1.29, 1.82) is 0 Å². The molecule has 0 aromatic carbocycles. The molecule has 1 aliphatic heterocycles. The molecular formula is C34H52O10. The first-order valence-electron chi connectivity index (χ1n) is 17.1. The van der Waals surface area contributed by atoms with Gasteiger partial charge in [0.1, 0.15) is 12.2 Å². The first-order valence-corrected chi connectivity index (χ1v) is 17.1. The van der Waals surface area contributed by atoms with Gasteiger partial charge in [0.25, 0.3) is 0 Å². The van der Waals surface area contributed by atoms with E-state index in [0.29, 0.717) is 32.1 Å². The van der Waals surface area contributed by atoms with E-state index in [1.165, 1.54) is 13.8 Å². The van der Waals surface area contributed by atoms with Gasteiger partial charge in [0, 0.05) is 57.3 Å². The molecule has 1 N–H and O–H groups in total. The average Bonchev–Trinajstić information content (AvgIpc) is 3.33. The van der Waals surface area contributed by atoms with Crippen LogP contribution in [0.1, 0.15) is 125 Å². The maximum Gasteiger partial charge on any atom is 0.303 e. The van der Waals surface area contributed by atoms with Crippen molar-refractivity contribution in [2.45, 2.75) is 148 Å². The molecule has 5 unspecified atom stereocenters. The lowest BCUT2D eigenvalue weighted by Gasteiger charge is -2.65. The fraction of sp³-hybridized carbons (Fsp3) is 0.912. The fourth-order valence-electron chi connectivity index (χ4n) is 11.0. The van der Waals surface area contributed by atoms with E-state index in [1.54, 1.807) is 0 Å². The normalized spacial score (nSPS) is 42.9. The molecule has 2 spiro atoms. The second-order valence-corrected chi connectivity index (χ2v) is 15.6. The molecule has 0 radical (unpaired) electrons. The second-order valence-electron chi connectivity index (χ2n) is 15.6. The van der Waals surface area contributed by atoms with Crippen LogP contribution >= 0.6 is 0 Å². The predicted octanol–water partition coefficient (Wildman–Crippen LogP) is 6.50. The van der Waals surface area contributed by atoms with Crippen molar-refractivity contribution in [3.8, 4) is 0 Å². The maximum absolute atomic E-state index is 12.6. The molecule has 10 atom stereocenters. The monoisotopic (exact) mass is 620 g/mol. The molecule has 248 valence electrons. The van der Waals surface area contributed by atoms with Crippen molar-refractivity contribution in [2.75, 3.05) is 0 Å². The number of hydrogen-bond donors (Lipinski definition) is 1. The number of carboxylic acid groups (broad SMARTS) is 1. The van der Waals surface area contributed by atoms with Crippen LogP contribution < -0.4 is 0 Å². The topological polar surface area (TPSA) is 127 Å². The van der Waals surface area contributed by atoms with Gasteiger partial charge in [-0.3, -0.25) is 14.4 Å². The first-order chi connectivity index (χ1) is 20.8. The summed E-state index contributed by atoms with van der Waals surface area (Å²) in [5.41, 5.74) is -0.459. The molecule has 10 heteroatoms. The molecule has 5 saturated carbocycles. The van der Waals surface area contributed by atoms with Crippen LogP contribution in [0.4, 0.5) is 0 Å². The van der Waals surface area contributed by atoms with Gasteiger partial charge in [0.15, 0.2) is 0 Å². The molecule has 0 bridgehead atoms. The third-order valence-corrected chi connectivity index (χ3v) is 13.2. The smallest absolute Gasteiger partial charge is 0.303 e. The molecule has 0 aromatic rings. The molecule has 10 nitrogen and oxygen atoms in total. The molecule has 6 aliphatic rings. The van der Waals surface area contributed by atoms with Gasteiger partial charge in [0.2, 0.25) is 11.6 Å². The lowest BCUT2D eigenvalue weighted by molar-refractivity contribution is -0.665. The van der Waals surface area contributed by atoms with Crippen molar-refractivity contribution in [1.82, 2.24) is 0 Å². The van der Waals surface area contributed by atoms with Crippen LogP contribution in [0, 0.1) is 46.3 Å². The van der Waals surface area contributed by atoms with Gasteiger partial charge < -0.3 is 14.6 Å². The first kappa shape index (κ1) is 32.2. The Balaban J connectivity index is 1.29. The summed E-state index contributed by atoms with van der Waals surface area (Å²) in [5.74, 6) is -2.24. The highest BCUT2D eigenvalue weighted by Gasteiger charge is 2.69. The Morgan fingerprint density at radius 1 is 0.841 bits per heavy atom. The summed E-state index contributed by atoms with van der Waals surface area (Å²) in [6, 6.07) is 0. The SMILES string of the molecule is CC(=O)OC1C[C@@H]2CC3(CC[C@]2(C)C2C[C@H](OC(C)=O)[C@@]4(C)C(CC[C@@H]4C(C)CCC(=O)O)C12)OOC1(CCCCC1)OO3. The Kier molecular flexibility index (Phi) is 8.64. The summed E-state index contributed by atoms with van der Waals surface area (Å²) >= 11 is 0. The number of aliphatic carboxylic acids is 1. The maximum atomic E-state index is 12.6. The lowest BCUT2D eigenvalue weighted by Crippen LogP contribution is -2.65. The zero-order valence-electron chi connectivity index (χ0n) is 27.1. The summed E-state index contributed by atoms with van der Waals surface area (Å²) < 4.78 is 12.4. The quantitative estimate of drug-likeness (QED) is 0.260. The minimum Gasteiger partial charge on any atom is -0.481 e. The van der Waals surface area contributed by atoms with E-state index in [4.69, 9.17) is 29.0 Å². The Bertz CT molecular complexity index is 1110. The molecule has 1 heterocycles. The van der Waals surface area contributed by atoms with Crippen LogP contribution in [-0.4, -0.2) is 46.8 Å². The average molecular weight is 621 g/mol. The standard InChI is InChI=1S/C34H52O10/c1-20(9-12-29(37)38)24-10-11-25-30-26(18-28(32(24,25)5)40-22(3)36)31(4)15-16-34(19-23(31)17-27(30)39-21(2)35)43-41-33(42-44-34)13-7-6-8-14-33/h20,23-28,30H,6-19H2,1-5H3,(H,37,38)/t20?,23-,24-,25?,26?,27?,28+,30?,31+,32-/m1/s1. The number of rotatable bonds is 6. The Hall–Kier alpha value is -1.75. The van der Waals surface area contributed by atoms with E-state index in [9.17, 15) is 19.5 Å². The Labute approximate surface area is 261 Å². The molecule has 6 rings (SSSR count). The van der Waals surface area contributed by atoms with Crippen molar-refractivity contribution >= 4 is 17.9 Å². The van der Waals surface area contributed by atoms with Gasteiger partial charge in [-0.05, 0) is 86.4 Å². The van der Waals surface area contributed by atoms with Crippen LogP contribution in [0.25, 0.3) is 0 Å². The van der Waals surface area contributed by atoms with Gasteiger partial charge in [-0.25, -0.2) is 0 Å². The molecule has 0 aromatic heterocycles. The lowest BCUT2D eigenvalue weighted by atomic mass is 9.42. The van der Waals surface area contributed by atoms with Crippen LogP contribution in [0.5, 0.6) is 0 Å². The minimum atomic E-state index is -1.00. The summed E-state index contributed by atoms with van der Waals surface area (Å²) in [4.78, 5) is 60.8. The molecular weight excluding hydrogens is 568 g/mol. The largest absolute Gasteiger partial charge is 0.481 e. The number of carbonyl (C=O) groups is 3. The molecule has 44 heavy (non-hydrogen) atoms. The number of hydrogen-bond acceptors (Lipinski definition) is 9. The van der Waals surface area contributed by atoms with Gasteiger partial charge in [-0.1, -0.05) is 27.2 Å². The third kappa shape index (κ3) is 5.49. The summed E-state index contributed by atoms with van der Waals surface area (Å²) in [6.07, 6.45) is 10.1. The van der Waals surface area contributed by atoms with Crippen molar-refractivity contribution in [3.05, 3.63) is 0 Å². The summed E-state index contributed by atoms with van der Waals surface area (Å²) in [5, 5.41) is 9.39. The fourth-order valence-corrected chi connectivity index (χ4v) is 11.0. The van der Waals surface area contributed by atoms with Crippen LogP contribution in [-0.2, 0) is 43.4 Å². The van der Waals surface area contributed by atoms with Gasteiger partial charge >= 0.3 is 17.9 Å². The van der Waals surface area contributed by atoms with E-state index in [-0.39, 0.29) is 76.9 Å². The van der Waals surface area contributed by atoms with E-state index >= 15 is 0 Å². The van der Waals surface area contributed by atoms with E-state index < -0.39 is 17.5 Å². The van der Waals surface area contributed by atoms with Crippen molar-refractivity contribution in [3.63, 3.8) is 0 Å². The highest BCUT2D eigenvalue weighted by atomic mass is 17.4. The van der Waals surface area contributed by atoms with Gasteiger partial charge in [-0.2, -0.15) is 19.6 Å². The zero-order valence-corrected chi connectivity index (χ0v) is 27.1. The highest BCUT2D eigenvalue weighted by molar-refractivity contribution is 5.67. The van der Waals surface area contributed by atoms with Gasteiger partial charge in [-0.15, -0.1) is 0 Å². The number of carboxylic acids is 1. The van der Waals surface area contributed by atoms with Gasteiger partial charge in [0.05, 0.1) is 0 Å². The number of fused-ring (bicyclic) bond motifs is 5. The predicted molar refractivity (Wildman–Crippen MR) is 156 cm³/mol. The van der Waals surface area contributed by atoms with E-state index in [2.05, 4.69) is 20.8 Å². The molecule has 1 saturated heterocycles. The summed E-state index contributed by atoms with van der Waals surface area (Å²) in [7, 11) is 0. The molecule has 6 fully saturated rings. The van der Waals surface area contributed by atoms with Crippen LogP contribution in [0.15, 0.2) is 0 Å². The van der Waals surface area contributed by atoms with Crippen molar-refractivity contribution < 1.29 is 48.5 Å². The molecule has 5 aliphatic carbocycles. The number of esters is 2. The van der Waals surface area contributed by atoms with E-state index in [1.807, 2.05) is 0 Å².